The molecule has 1 aliphatic carbocycles. The summed E-state index contributed by atoms with van der Waals surface area (Å²) in [7, 11) is 0. The Morgan fingerprint density at radius 1 is 1.24 bits per heavy atom. The lowest BCUT2D eigenvalue weighted by Crippen LogP contribution is -2.26. The molecule has 4 rings (SSSR count). The Balaban J connectivity index is 1.62. The van der Waals surface area contributed by atoms with E-state index in [4.69, 9.17) is 0 Å². The van der Waals surface area contributed by atoms with E-state index in [1.54, 1.807) is 41.8 Å². The van der Waals surface area contributed by atoms with Crippen LogP contribution in [0.25, 0.3) is 10.9 Å². The first-order valence-corrected chi connectivity index (χ1v) is 10.1. The number of benzene rings is 2. The number of nitrogens with one attached hydrogen (secondary N) is 1. The van der Waals surface area contributed by atoms with Gasteiger partial charge in [-0.05, 0) is 38.0 Å². The van der Waals surface area contributed by atoms with Crippen LogP contribution in [0.4, 0.5) is 11.4 Å². The molecule has 1 aliphatic rings. The minimum atomic E-state index is -0.604. The molecule has 1 atom stereocenters. The van der Waals surface area contributed by atoms with Gasteiger partial charge in [-0.1, -0.05) is 36.0 Å². The number of para-hydroxylation sites is 3. The molecular weight excluding hydrogens is 392 g/mol. The molecule has 1 aromatic heterocycles. The molecule has 9 heteroatoms. The summed E-state index contributed by atoms with van der Waals surface area (Å²) in [6.45, 7) is 1.69. The quantitative estimate of drug-likeness (QED) is 0.287. The zero-order chi connectivity index (χ0) is 20.5. The fourth-order valence-corrected chi connectivity index (χ4v) is 4.03. The van der Waals surface area contributed by atoms with E-state index < -0.39 is 16.1 Å². The predicted molar refractivity (Wildman–Crippen MR) is 111 cm³/mol. The van der Waals surface area contributed by atoms with Crippen LogP contribution in [-0.2, 0) is 4.79 Å². The summed E-state index contributed by atoms with van der Waals surface area (Å²) in [5.41, 5.74) is 0.452. The highest BCUT2D eigenvalue weighted by Crippen LogP contribution is 2.37. The van der Waals surface area contributed by atoms with Gasteiger partial charge in [-0.2, -0.15) is 0 Å². The van der Waals surface area contributed by atoms with E-state index in [1.807, 2.05) is 6.07 Å². The second-order valence-electron chi connectivity index (χ2n) is 6.84. The number of amides is 1. The zero-order valence-electron chi connectivity index (χ0n) is 15.6. The van der Waals surface area contributed by atoms with Crippen LogP contribution < -0.4 is 10.9 Å². The van der Waals surface area contributed by atoms with Crippen molar-refractivity contribution in [1.82, 2.24) is 9.55 Å². The first-order valence-electron chi connectivity index (χ1n) is 9.18. The van der Waals surface area contributed by atoms with E-state index >= 15 is 0 Å². The number of rotatable bonds is 6. The van der Waals surface area contributed by atoms with Crippen molar-refractivity contribution in [2.24, 2.45) is 0 Å². The van der Waals surface area contributed by atoms with Gasteiger partial charge in [0.25, 0.3) is 11.2 Å². The number of carbonyl (C=O) groups is 1. The summed E-state index contributed by atoms with van der Waals surface area (Å²) in [5, 5.41) is 14.2. The van der Waals surface area contributed by atoms with E-state index in [0.717, 1.165) is 12.8 Å². The van der Waals surface area contributed by atoms with Crippen molar-refractivity contribution in [3.8, 4) is 0 Å². The van der Waals surface area contributed by atoms with Crippen LogP contribution >= 0.6 is 11.8 Å². The number of thioether (sulfide) groups is 1. The van der Waals surface area contributed by atoms with Gasteiger partial charge in [-0.15, -0.1) is 0 Å². The first kappa shape index (κ1) is 19.1. The van der Waals surface area contributed by atoms with Crippen LogP contribution in [0.5, 0.6) is 0 Å². The van der Waals surface area contributed by atoms with Crippen LogP contribution in [0.15, 0.2) is 58.5 Å². The lowest BCUT2D eigenvalue weighted by Gasteiger charge is -2.16. The molecular formula is C20H18N4O4S. The standard InChI is InChI=1S/C20H18N4O4S/c1-12(18(25)21-16-8-4-5-9-17(16)24(27)28)29-20-22-15-7-3-2-6-14(15)19(26)23(20)13-10-11-13/h2-9,12-13H,10-11H2,1H3,(H,21,25)/t12-/m0/s1. The molecule has 1 fully saturated rings. The van der Waals surface area contributed by atoms with E-state index in [1.165, 1.54) is 23.9 Å². The zero-order valence-corrected chi connectivity index (χ0v) is 16.4. The maximum atomic E-state index is 12.9. The molecule has 1 heterocycles. The number of aromatic nitrogens is 2. The van der Waals surface area contributed by atoms with E-state index in [-0.39, 0.29) is 23.0 Å². The molecule has 0 unspecified atom stereocenters. The van der Waals surface area contributed by atoms with Gasteiger partial charge in [-0.25, -0.2) is 4.98 Å². The van der Waals surface area contributed by atoms with Gasteiger partial charge < -0.3 is 5.32 Å². The maximum absolute atomic E-state index is 12.9. The van der Waals surface area contributed by atoms with Crippen LogP contribution in [0, 0.1) is 10.1 Å². The number of anilines is 1. The van der Waals surface area contributed by atoms with Crippen molar-refractivity contribution in [2.45, 2.75) is 36.2 Å². The van der Waals surface area contributed by atoms with E-state index in [0.29, 0.717) is 16.1 Å². The summed E-state index contributed by atoms with van der Waals surface area (Å²) < 4.78 is 1.67. The Morgan fingerprint density at radius 2 is 1.93 bits per heavy atom. The normalized spacial score (nSPS) is 14.5. The Labute approximate surface area is 170 Å². The number of nitrogens with zero attached hydrogens (tertiary/aromatic N) is 3. The van der Waals surface area contributed by atoms with Crippen LogP contribution in [0.3, 0.4) is 0 Å². The number of carbonyl (C=O) groups excluding carboxylic acids is 1. The highest BCUT2D eigenvalue weighted by Gasteiger charge is 2.30. The van der Waals surface area contributed by atoms with Crippen molar-refractivity contribution in [3.05, 3.63) is 69.0 Å². The van der Waals surface area contributed by atoms with E-state index in [9.17, 15) is 19.7 Å². The average Bonchev–Trinajstić information content (AvgIpc) is 3.53. The number of hydrogen-bond donors (Lipinski definition) is 1. The minimum Gasteiger partial charge on any atom is -0.319 e. The highest BCUT2D eigenvalue weighted by molar-refractivity contribution is 8.00. The average molecular weight is 410 g/mol. The van der Waals surface area contributed by atoms with Gasteiger partial charge in [0, 0.05) is 12.1 Å². The van der Waals surface area contributed by atoms with Gasteiger partial charge in [0.05, 0.1) is 21.1 Å². The first-order chi connectivity index (χ1) is 14.0. The van der Waals surface area contributed by atoms with Crippen LogP contribution in [0.1, 0.15) is 25.8 Å². The molecule has 0 aliphatic heterocycles. The van der Waals surface area contributed by atoms with Crippen molar-refractivity contribution in [3.63, 3.8) is 0 Å². The third-order valence-electron chi connectivity index (χ3n) is 4.70. The monoisotopic (exact) mass is 410 g/mol. The Hall–Kier alpha value is -3.20. The second kappa shape index (κ2) is 7.67. The fourth-order valence-electron chi connectivity index (χ4n) is 3.05. The van der Waals surface area contributed by atoms with Gasteiger partial charge in [-0.3, -0.25) is 24.3 Å². The topological polar surface area (TPSA) is 107 Å². The Bertz CT molecular complexity index is 1170. The van der Waals surface area contributed by atoms with Crippen LogP contribution in [0.2, 0.25) is 0 Å². The molecule has 8 nitrogen and oxygen atoms in total. The van der Waals surface area contributed by atoms with Crippen molar-refractivity contribution >= 4 is 39.9 Å². The molecule has 0 bridgehead atoms. The van der Waals surface area contributed by atoms with Gasteiger partial charge >= 0.3 is 0 Å². The molecule has 3 aromatic rings. The lowest BCUT2D eigenvalue weighted by molar-refractivity contribution is -0.383. The summed E-state index contributed by atoms with van der Waals surface area (Å²) in [4.78, 5) is 40.8. The number of fused-ring (bicyclic) bond motifs is 1. The van der Waals surface area contributed by atoms with Gasteiger partial charge in [0.15, 0.2) is 5.16 Å². The van der Waals surface area contributed by atoms with Crippen molar-refractivity contribution in [2.75, 3.05) is 5.32 Å². The molecule has 0 radical (unpaired) electrons. The maximum Gasteiger partial charge on any atom is 0.292 e. The third kappa shape index (κ3) is 3.86. The molecule has 0 saturated heterocycles. The Kier molecular flexibility index (Phi) is 5.06. The van der Waals surface area contributed by atoms with Crippen molar-refractivity contribution < 1.29 is 9.72 Å². The Morgan fingerprint density at radius 3 is 2.66 bits per heavy atom. The predicted octanol–water partition coefficient (Wildman–Crippen LogP) is 3.76. The number of nitro benzene ring substituents is 1. The SMILES string of the molecule is C[C@H](Sc1nc2ccccc2c(=O)n1C1CC1)C(=O)Nc1ccccc1[N+](=O)[O-]. The molecule has 29 heavy (non-hydrogen) atoms. The molecule has 148 valence electrons. The smallest absolute Gasteiger partial charge is 0.292 e. The van der Waals surface area contributed by atoms with Gasteiger partial charge in [0.1, 0.15) is 5.69 Å². The third-order valence-corrected chi connectivity index (χ3v) is 5.76. The molecule has 0 spiro atoms. The minimum absolute atomic E-state index is 0.104. The summed E-state index contributed by atoms with van der Waals surface area (Å²) >= 11 is 1.18. The van der Waals surface area contributed by atoms with Crippen LogP contribution in [-0.4, -0.2) is 25.6 Å². The largest absolute Gasteiger partial charge is 0.319 e. The summed E-state index contributed by atoms with van der Waals surface area (Å²) in [6.07, 6.45) is 1.81. The van der Waals surface area contributed by atoms with Gasteiger partial charge in [0.2, 0.25) is 5.91 Å². The molecule has 2 aromatic carbocycles. The molecule has 1 saturated carbocycles. The summed E-state index contributed by atoms with van der Waals surface area (Å²) in [6, 6.07) is 13.2. The van der Waals surface area contributed by atoms with Crippen molar-refractivity contribution in [1.29, 1.82) is 0 Å². The highest BCUT2D eigenvalue weighted by atomic mass is 32.2. The number of hydrogen-bond acceptors (Lipinski definition) is 6. The fraction of sp³-hybridized carbons (Fsp3) is 0.250. The van der Waals surface area contributed by atoms with E-state index in [2.05, 4.69) is 10.3 Å². The molecule has 1 N–H and O–H groups in total. The lowest BCUT2D eigenvalue weighted by atomic mass is 10.2. The second-order valence-corrected chi connectivity index (χ2v) is 8.15. The number of nitro groups is 1. The summed E-state index contributed by atoms with van der Waals surface area (Å²) in [5.74, 6) is -0.394. The molecule has 1 amide bonds.